The fraction of sp³-hybridized carbons (Fsp3) is 0.600. The number of phenols is 1. The lowest BCUT2D eigenvalue weighted by Crippen LogP contribution is -2.54. The molecule has 3 N–H and O–H groups in total. The van der Waals surface area contributed by atoms with Gasteiger partial charge < -0.3 is 15.3 Å². The van der Waals surface area contributed by atoms with Gasteiger partial charge in [0.05, 0.1) is 6.10 Å². The number of phenolic OH excluding ortho intramolecular Hbond substituents is 1. The van der Waals surface area contributed by atoms with Crippen LogP contribution in [0.25, 0.3) is 0 Å². The summed E-state index contributed by atoms with van der Waals surface area (Å²) in [6.45, 7) is 2.07. The molecular formula is C20H24O3. The molecular weight excluding hydrogens is 288 g/mol. The van der Waals surface area contributed by atoms with Gasteiger partial charge in [0.15, 0.2) is 0 Å². The summed E-state index contributed by atoms with van der Waals surface area (Å²) >= 11 is 0. The molecule has 6 atom stereocenters. The molecule has 0 radical (unpaired) electrons. The molecule has 0 aliphatic heterocycles. The summed E-state index contributed by atoms with van der Waals surface area (Å²) in [5, 5.41) is 31.6. The number of hydrogen-bond acceptors (Lipinski definition) is 3. The van der Waals surface area contributed by atoms with Crippen molar-refractivity contribution < 1.29 is 15.3 Å². The standard InChI is InChI=1S/C20H24O3/c1-3-20(23)9-8-16-15-6-4-12-10-13(21)5-7-14(12)18(15)17(22)11-19(16,20)2/h1,5,7,10,15-18,21-23H,4,6,8-9,11H2,2H3/t15-,16+,17-,18-,19+,20-/m1/s1. The maximum absolute atomic E-state index is 10.9. The average Bonchev–Trinajstić information content (AvgIpc) is 2.78. The van der Waals surface area contributed by atoms with Crippen molar-refractivity contribution in [1.82, 2.24) is 0 Å². The molecule has 3 aliphatic carbocycles. The maximum Gasteiger partial charge on any atom is 0.130 e. The molecule has 122 valence electrons. The maximum atomic E-state index is 10.9. The van der Waals surface area contributed by atoms with Crippen molar-refractivity contribution in [3.63, 3.8) is 0 Å². The van der Waals surface area contributed by atoms with Crippen LogP contribution < -0.4 is 0 Å². The van der Waals surface area contributed by atoms with E-state index in [2.05, 4.69) is 12.8 Å². The van der Waals surface area contributed by atoms with Crippen molar-refractivity contribution in [2.24, 2.45) is 17.3 Å². The van der Waals surface area contributed by atoms with Crippen molar-refractivity contribution in [2.75, 3.05) is 0 Å². The first-order valence-electron chi connectivity index (χ1n) is 8.59. The molecule has 2 fully saturated rings. The van der Waals surface area contributed by atoms with Crippen molar-refractivity contribution >= 4 is 0 Å². The van der Waals surface area contributed by atoms with Crippen molar-refractivity contribution in [1.29, 1.82) is 0 Å². The summed E-state index contributed by atoms with van der Waals surface area (Å²) < 4.78 is 0. The van der Waals surface area contributed by atoms with Gasteiger partial charge in [0.1, 0.15) is 11.4 Å². The van der Waals surface area contributed by atoms with E-state index in [1.807, 2.05) is 12.1 Å². The first-order chi connectivity index (χ1) is 10.9. The van der Waals surface area contributed by atoms with E-state index in [1.165, 1.54) is 5.56 Å². The minimum absolute atomic E-state index is 0.0950. The Balaban J connectivity index is 1.77. The first kappa shape index (κ1) is 15.1. The molecule has 3 aliphatic rings. The van der Waals surface area contributed by atoms with Crippen LogP contribution in [-0.4, -0.2) is 27.0 Å². The van der Waals surface area contributed by atoms with Crippen LogP contribution in [0.2, 0.25) is 0 Å². The third kappa shape index (κ3) is 1.86. The van der Waals surface area contributed by atoms with Crippen LogP contribution >= 0.6 is 0 Å². The van der Waals surface area contributed by atoms with E-state index in [4.69, 9.17) is 6.42 Å². The second-order valence-electron chi connectivity index (χ2n) is 7.95. The number of terminal acetylenes is 1. The number of hydrogen-bond donors (Lipinski definition) is 3. The third-order valence-electron chi connectivity index (χ3n) is 7.08. The van der Waals surface area contributed by atoms with Gasteiger partial charge in [-0.25, -0.2) is 0 Å². The summed E-state index contributed by atoms with van der Waals surface area (Å²) in [6.07, 6.45) is 9.16. The summed E-state index contributed by atoms with van der Waals surface area (Å²) in [5.74, 6) is 3.72. The molecule has 3 heteroatoms. The fourth-order valence-corrected chi connectivity index (χ4v) is 5.89. The summed E-state index contributed by atoms with van der Waals surface area (Å²) in [7, 11) is 0. The highest BCUT2D eigenvalue weighted by atomic mass is 16.3. The lowest BCUT2D eigenvalue weighted by molar-refractivity contribution is -0.107. The Kier molecular flexibility index (Phi) is 3.11. The van der Waals surface area contributed by atoms with E-state index in [-0.39, 0.29) is 5.92 Å². The third-order valence-corrected chi connectivity index (χ3v) is 7.08. The minimum atomic E-state index is -1.10. The Morgan fingerprint density at radius 1 is 1.30 bits per heavy atom. The van der Waals surface area contributed by atoms with Crippen LogP contribution in [0.5, 0.6) is 5.75 Å². The van der Waals surface area contributed by atoms with E-state index in [9.17, 15) is 15.3 Å². The zero-order chi connectivity index (χ0) is 16.4. The zero-order valence-corrected chi connectivity index (χ0v) is 13.5. The van der Waals surface area contributed by atoms with Gasteiger partial charge in [0.2, 0.25) is 0 Å². The molecule has 0 amide bonds. The summed E-state index contributed by atoms with van der Waals surface area (Å²) in [5.41, 5.74) is 0.819. The number of fused-ring (bicyclic) bond motifs is 5. The van der Waals surface area contributed by atoms with Gasteiger partial charge in [0, 0.05) is 11.3 Å². The largest absolute Gasteiger partial charge is 0.508 e. The Hall–Kier alpha value is -1.50. The second-order valence-corrected chi connectivity index (χ2v) is 7.95. The molecule has 2 saturated carbocycles. The molecule has 0 spiro atoms. The molecule has 4 rings (SSSR count). The van der Waals surface area contributed by atoms with Gasteiger partial charge in [-0.2, -0.15) is 0 Å². The van der Waals surface area contributed by atoms with E-state index >= 15 is 0 Å². The smallest absolute Gasteiger partial charge is 0.130 e. The van der Waals surface area contributed by atoms with E-state index in [1.54, 1.807) is 6.07 Å². The van der Waals surface area contributed by atoms with Crippen molar-refractivity contribution in [2.45, 2.75) is 56.7 Å². The van der Waals surface area contributed by atoms with E-state index in [0.717, 1.165) is 24.8 Å². The predicted molar refractivity (Wildman–Crippen MR) is 87.9 cm³/mol. The molecule has 0 unspecified atom stereocenters. The van der Waals surface area contributed by atoms with Crippen molar-refractivity contribution in [3.05, 3.63) is 29.3 Å². The van der Waals surface area contributed by atoms with Crippen LogP contribution in [0.15, 0.2) is 18.2 Å². The van der Waals surface area contributed by atoms with Crippen LogP contribution in [0.1, 0.15) is 49.7 Å². The molecule has 0 heterocycles. The lowest BCUT2D eigenvalue weighted by atomic mass is 9.52. The molecule has 0 saturated heterocycles. The fourth-order valence-electron chi connectivity index (χ4n) is 5.89. The predicted octanol–water partition coefficient (Wildman–Crippen LogP) is 2.58. The van der Waals surface area contributed by atoms with Crippen LogP contribution in [0.3, 0.4) is 0 Å². The Morgan fingerprint density at radius 3 is 2.83 bits per heavy atom. The monoisotopic (exact) mass is 312 g/mol. The molecule has 0 bridgehead atoms. The molecule has 1 aromatic rings. The number of aliphatic hydroxyl groups is 2. The highest BCUT2D eigenvalue weighted by Gasteiger charge is 2.63. The van der Waals surface area contributed by atoms with Gasteiger partial charge in [-0.05, 0) is 67.2 Å². The van der Waals surface area contributed by atoms with Gasteiger partial charge in [0.25, 0.3) is 0 Å². The summed E-state index contributed by atoms with van der Waals surface area (Å²) in [6, 6.07) is 5.52. The van der Waals surface area contributed by atoms with E-state index < -0.39 is 17.1 Å². The quantitative estimate of drug-likeness (QED) is 0.645. The molecule has 23 heavy (non-hydrogen) atoms. The Bertz CT molecular complexity index is 691. The number of aliphatic hydroxyl groups excluding tert-OH is 1. The first-order valence-corrected chi connectivity index (χ1v) is 8.59. The van der Waals surface area contributed by atoms with Gasteiger partial charge >= 0.3 is 0 Å². The zero-order valence-electron chi connectivity index (χ0n) is 13.5. The second kappa shape index (κ2) is 4.75. The minimum Gasteiger partial charge on any atom is -0.508 e. The van der Waals surface area contributed by atoms with Crippen LogP contribution in [-0.2, 0) is 6.42 Å². The highest BCUT2D eigenvalue weighted by Crippen LogP contribution is 2.64. The Morgan fingerprint density at radius 2 is 2.09 bits per heavy atom. The Labute approximate surface area is 137 Å². The topological polar surface area (TPSA) is 60.7 Å². The van der Waals surface area contributed by atoms with Gasteiger partial charge in [-0.15, -0.1) is 6.42 Å². The highest BCUT2D eigenvalue weighted by molar-refractivity contribution is 5.41. The van der Waals surface area contributed by atoms with Gasteiger partial charge in [-0.3, -0.25) is 0 Å². The van der Waals surface area contributed by atoms with Gasteiger partial charge in [-0.1, -0.05) is 18.9 Å². The van der Waals surface area contributed by atoms with Crippen LogP contribution in [0, 0.1) is 29.6 Å². The number of benzene rings is 1. The SMILES string of the molecule is C#C[C@@]1(O)CC[C@H]2[C@H]3CCc4cc(O)ccc4[C@H]3[C@H](O)C[C@@]21C. The number of aromatic hydroxyl groups is 1. The lowest BCUT2D eigenvalue weighted by Gasteiger charge is -2.54. The summed E-state index contributed by atoms with van der Waals surface area (Å²) in [4.78, 5) is 0. The van der Waals surface area contributed by atoms with E-state index in [0.29, 0.717) is 30.4 Å². The number of rotatable bonds is 0. The van der Waals surface area contributed by atoms with Crippen LogP contribution in [0.4, 0.5) is 0 Å². The molecule has 3 nitrogen and oxygen atoms in total. The normalized spacial score (nSPS) is 44.8. The number of aryl methyl sites for hydroxylation is 1. The average molecular weight is 312 g/mol. The molecule has 1 aromatic carbocycles. The van der Waals surface area contributed by atoms with Crippen molar-refractivity contribution in [3.8, 4) is 18.1 Å². The molecule has 0 aromatic heterocycles.